The largest absolute Gasteiger partial charge is 0.309 e. The fourth-order valence-corrected chi connectivity index (χ4v) is 3.71. The first-order valence-electron chi connectivity index (χ1n) is 9.84. The van der Waals surface area contributed by atoms with Crippen molar-refractivity contribution in [3.05, 3.63) is 94.8 Å². The Kier molecular flexibility index (Phi) is 6.04. The molecule has 28 heavy (non-hydrogen) atoms. The Balaban J connectivity index is 1.28. The minimum atomic E-state index is -0.268. The summed E-state index contributed by atoms with van der Waals surface area (Å²) < 4.78 is 13.6. The van der Waals surface area contributed by atoms with Gasteiger partial charge in [-0.1, -0.05) is 30.3 Å². The maximum Gasteiger partial charge on any atom is 0.145 e. The number of rotatable bonds is 7. The van der Waals surface area contributed by atoms with E-state index in [0.29, 0.717) is 24.7 Å². The van der Waals surface area contributed by atoms with E-state index in [4.69, 9.17) is 0 Å². The minimum absolute atomic E-state index is 0.268. The summed E-state index contributed by atoms with van der Waals surface area (Å²) in [5, 5.41) is 6.94. The fraction of sp³-hybridized carbons (Fsp3) is 0.304. The van der Waals surface area contributed by atoms with Gasteiger partial charge in [0.2, 0.25) is 0 Å². The van der Waals surface area contributed by atoms with Gasteiger partial charge < -0.3 is 10.6 Å². The molecular formula is C23H25FN4. The first-order valence-corrected chi connectivity index (χ1v) is 9.84. The molecule has 1 aliphatic carbocycles. The Morgan fingerprint density at radius 3 is 2.61 bits per heavy atom. The van der Waals surface area contributed by atoms with Gasteiger partial charge in [-0.25, -0.2) is 4.39 Å². The maximum absolute atomic E-state index is 13.6. The molecule has 4 nitrogen and oxygen atoms in total. The van der Waals surface area contributed by atoms with Crippen molar-refractivity contribution < 1.29 is 4.39 Å². The minimum Gasteiger partial charge on any atom is -0.309 e. The molecule has 0 amide bonds. The van der Waals surface area contributed by atoms with Gasteiger partial charge in [0.05, 0.1) is 17.9 Å². The van der Waals surface area contributed by atoms with Gasteiger partial charge >= 0.3 is 0 Å². The lowest BCUT2D eigenvalue weighted by molar-refractivity contribution is 0.447. The zero-order valence-corrected chi connectivity index (χ0v) is 15.9. The molecule has 1 atom stereocenters. The second-order valence-electron chi connectivity index (χ2n) is 7.26. The Bertz CT molecular complexity index is 910. The summed E-state index contributed by atoms with van der Waals surface area (Å²) in [5.41, 5.74) is 5.66. The van der Waals surface area contributed by atoms with Crippen LogP contribution in [0.1, 0.15) is 46.8 Å². The van der Waals surface area contributed by atoms with Crippen molar-refractivity contribution in [1.29, 1.82) is 0 Å². The summed E-state index contributed by atoms with van der Waals surface area (Å²) in [4.78, 5) is 8.36. The van der Waals surface area contributed by atoms with Crippen LogP contribution in [0.4, 0.5) is 4.39 Å². The van der Waals surface area contributed by atoms with Crippen LogP contribution in [0.5, 0.6) is 0 Å². The van der Waals surface area contributed by atoms with E-state index < -0.39 is 0 Å². The summed E-state index contributed by atoms with van der Waals surface area (Å²) in [6.45, 7) is 2.03. The van der Waals surface area contributed by atoms with Gasteiger partial charge in [-0.3, -0.25) is 9.97 Å². The number of hydrogen-bond acceptors (Lipinski definition) is 4. The van der Waals surface area contributed by atoms with Crippen LogP contribution in [0.2, 0.25) is 0 Å². The second-order valence-corrected chi connectivity index (χ2v) is 7.26. The topological polar surface area (TPSA) is 49.8 Å². The van der Waals surface area contributed by atoms with Crippen molar-refractivity contribution in [3.63, 3.8) is 0 Å². The number of aromatic nitrogens is 2. The van der Waals surface area contributed by atoms with E-state index >= 15 is 0 Å². The third-order valence-electron chi connectivity index (χ3n) is 5.27. The molecule has 0 saturated carbocycles. The summed E-state index contributed by atoms with van der Waals surface area (Å²) in [5.74, 6) is -0.268. The van der Waals surface area contributed by atoms with Crippen molar-refractivity contribution in [2.24, 2.45) is 0 Å². The standard InChI is InChI=1S/C23H25FN4/c24-21-16-25-12-10-20(21)15-26-13-17-6-8-18(9-7-17)14-28-22-5-1-3-19-4-2-11-27-23(19)22/h2,4,6-12,16,22,26,28H,1,3,5,13-15H2. The van der Waals surface area contributed by atoms with Crippen LogP contribution in [0.25, 0.3) is 0 Å². The summed E-state index contributed by atoms with van der Waals surface area (Å²) in [6, 6.07) is 14.8. The maximum atomic E-state index is 13.6. The molecule has 0 radical (unpaired) electrons. The van der Waals surface area contributed by atoms with Crippen molar-refractivity contribution in [3.8, 4) is 0 Å². The zero-order valence-electron chi connectivity index (χ0n) is 15.9. The lowest BCUT2D eigenvalue weighted by Crippen LogP contribution is -2.25. The van der Waals surface area contributed by atoms with Gasteiger partial charge in [0.1, 0.15) is 5.82 Å². The molecule has 0 aliphatic heterocycles. The Morgan fingerprint density at radius 2 is 1.79 bits per heavy atom. The highest BCUT2D eigenvalue weighted by molar-refractivity contribution is 5.26. The molecular weight excluding hydrogens is 351 g/mol. The van der Waals surface area contributed by atoms with Crippen LogP contribution in [0.15, 0.2) is 61.1 Å². The van der Waals surface area contributed by atoms with E-state index in [2.05, 4.69) is 50.9 Å². The van der Waals surface area contributed by atoms with Crippen molar-refractivity contribution in [2.75, 3.05) is 0 Å². The van der Waals surface area contributed by atoms with Crippen LogP contribution in [0, 0.1) is 5.82 Å². The van der Waals surface area contributed by atoms with E-state index in [1.54, 1.807) is 12.3 Å². The van der Waals surface area contributed by atoms with E-state index in [1.807, 2.05) is 12.3 Å². The number of hydrogen-bond donors (Lipinski definition) is 2. The lowest BCUT2D eigenvalue weighted by atomic mass is 9.92. The number of aryl methyl sites for hydroxylation is 1. The number of pyridine rings is 2. The molecule has 2 heterocycles. The highest BCUT2D eigenvalue weighted by Crippen LogP contribution is 2.27. The van der Waals surface area contributed by atoms with Crippen LogP contribution >= 0.6 is 0 Å². The van der Waals surface area contributed by atoms with Crippen LogP contribution < -0.4 is 10.6 Å². The molecule has 144 valence electrons. The van der Waals surface area contributed by atoms with Crippen molar-refractivity contribution in [2.45, 2.75) is 44.9 Å². The quantitative estimate of drug-likeness (QED) is 0.653. The number of fused-ring (bicyclic) bond motifs is 1. The molecule has 4 rings (SSSR count). The first-order chi connectivity index (χ1) is 13.8. The highest BCUT2D eigenvalue weighted by atomic mass is 19.1. The lowest BCUT2D eigenvalue weighted by Gasteiger charge is -2.25. The molecule has 1 unspecified atom stereocenters. The van der Waals surface area contributed by atoms with E-state index in [-0.39, 0.29) is 5.82 Å². The zero-order chi connectivity index (χ0) is 19.2. The van der Waals surface area contributed by atoms with Crippen molar-refractivity contribution >= 4 is 0 Å². The summed E-state index contributed by atoms with van der Waals surface area (Å²) in [6.07, 6.45) is 8.22. The van der Waals surface area contributed by atoms with Gasteiger partial charge in [-0.2, -0.15) is 0 Å². The van der Waals surface area contributed by atoms with Gasteiger partial charge in [-0.05, 0) is 48.1 Å². The molecule has 0 spiro atoms. The van der Waals surface area contributed by atoms with Crippen LogP contribution in [0.3, 0.4) is 0 Å². The van der Waals surface area contributed by atoms with Gasteiger partial charge in [0, 0.05) is 37.6 Å². The highest BCUT2D eigenvalue weighted by Gasteiger charge is 2.20. The molecule has 0 fully saturated rings. The van der Waals surface area contributed by atoms with E-state index in [1.165, 1.54) is 35.0 Å². The molecule has 1 aromatic carbocycles. The predicted octanol–water partition coefficient (Wildman–Crippen LogP) is 4.07. The van der Waals surface area contributed by atoms with Crippen molar-refractivity contribution in [1.82, 2.24) is 20.6 Å². The third-order valence-corrected chi connectivity index (χ3v) is 5.27. The molecule has 2 aromatic heterocycles. The van der Waals surface area contributed by atoms with E-state index in [0.717, 1.165) is 19.4 Å². The van der Waals surface area contributed by atoms with Crippen LogP contribution in [-0.2, 0) is 26.1 Å². The molecule has 0 bridgehead atoms. The normalized spacial score (nSPS) is 16.0. The number of benzene rings is 1. The fourth-order valence-electron chi connectivity index (χ4n) is 3.71. The SMILES string of the molecule is Fc1cnccc1CNCc1ccc(CNC2CCCc3cccnc32)cc1. The molecule has 1 aliphatic rings. The molecule has 5 heteroatoms. The number of nitrogens with one attached hydrogen (secondary N) is 2. The average molecular weight is 376 g/mol. The Labute approximate surface area is 165 Å². The monoisotopic (exact) mass is 376 g/mol. The Hall–Kier alpha value is -2.63. The predicted molar refractivity (Wildman–Crippen MR) is 108 cm³/mol. The summed E-state index contributed by atoms with van der Waals surface area (Å²) >= 11 is 0. The third kappa shape index (κ3) is 4.61. The molecule has 3 aromatic rings. The first kappa shape index (κ1) is 18.7. The van der Waals surface area contributed by atoms with E-state index in [9.17, 15) is 4.39 Å². The average Bonchev–Trinajstić information content (AvgIpc) is 2.74. The molecule has 0 saturated heterocycles. The molecule has 2 N–H and O–H groups in total. The second kappa shape index (κ2) is 9.04. The van der Waals surface area contributed by atoms with Gasteiger partial charge in [0.25, 0.3) is 0 Å². The summed E-state index contributed by atoms with van der Waals surface area (Å²) in [7, 11) is 0. The smallest absolute Gasteiger partial charge is 0.145 e. The Morgan fingerprint density at radius 1 is 0.964 bits per heavy atom. The number of nitrogens with zero attached hydrogens (tertiary/aromatic N) is 2. The number of halogens is 1. The van der Waals surface area contributed by atoms with Crippen LogP contribution in [-0.4, -0.2) is 9.97 Å². The van der Waals surface area contributed by atoms with Gasteiger partial charge in [0.15, 0.2) is 0 Å². The van der Waals surface area contributed by atoms with Gasteiger partial charge in [-0.15, -0.1) is 0 Å².